The largest absolute Gasteiger partial charge is 0.324 e. The molecule has 25 heavy (non-hydrogen) atoms. The van der Waals surface area contributed by atoms with Crippen molar-refractivity contribution in [1.29, 1.82) is 0 Å². The number of hydrogen-bond acceptors (Lipinski definition) is 4. The molecule has 0 saturated heterocycles. The van der Waals surface area contributed by atoms with Gasteiger partial charge in [0, 0.05) is 22.8 Å². The SMILES string of the molecule is C[C@H](N[C@@H](C)c1ccccc1Cl)C(=O)Nc1ccc(F)c([N+](=O)[O-])c1. The molecule has 0 aliphatic heterocycles. The van der Waals surface area contributed by atoms with Gasteiger partial charge in [-0.25, -0.2) is 0 Å². The second-order valence-corrected chi connectivity index (χ2v) is 5.95. The fourth-order valence-corrected chi connectivity index (χ4v) is 2.65. The number of nitrogens with one attached hydrogen (secondary N) is 2. The van der Waals surface area contributed by atoms with Gasteiger partial charge < -0.3 is 5.32 Å². The second kappa shape index (κ2) is 8.04. The molecule has 0 saturated carbocycles. The Kier molecular flexibility index (Phi) is 6.06. The molecule has 0 spiro atoms. The average Bonchev–Trinajstić information content (AvgIpc) is 2.56. The molecule has 0 bridgehead atoms. The van der Waals surface area contributed by atoms with E-state index in [2.05, 4.69) is 10.6 Å². The highest BCUT2D eigenvalue weighted by atomic mass is 35.5. The minimum Gasteiger partial charge on any atom is -0.324 e. The highest BCUT2D eigenvalue weighted by Gasteiger charge is 2.20. The maximum atomic E-state index is 13.3. The lowest BCUT2D eigenvalue weighted by Crippen LogP contribution is -2.39. The summed E-state index contributed by atoms with van der Waals surface area (Å²) in [5, 5.41) is 17.0. The molecule has 8 heteroatoms. The monoisotopic (exact) mass is 365 g/mol. The Bertz CT molecular complexity index is 800. The van der Waals surface area contributed by atoms with Crippen molar-refractivity contribution in [3.8, 4) is 0 Å². The number of nitro benzene ring substituents is 1. The first-order chi connectivity index (χ1) is 11.8. The molecule has 0 heterocycles. The molecule has 132 valence electrons. The van der Waals surface area contributed by atoms with Gasteiger partial charge in [0.1, 0.15) is 0 Å². The first-order valence-corrected chi connectivity index (χ1v) is 7.92. The summed E-state index contributed by atoms with van der Waals surface area (Å²) in [6.45, 7) is 3.52. The second-order valence-electron chi connectivity index (χ2n) is 5.54. The predicted molar refractivity (Wildman–Crippen MR) is 94.1 cm³/mol. The van der Waals surface area contributed by atoms with Gasteiger partial charge in [-0.15, -0.1) is 0 Å². The zero-order valence-corrected chi connectivity index (χ0v) is 14.4. The Labute approximate surface area is 149 Å². The summed E-state index contributed by atoms with van der Waals surface area (Å²) in [7, 11) is 0. The van der Waals surface area contributed by atoms with Crippen molar-refractivity contribution in [1.82, 2.24) is 5.32 Å². The van der Waals surface area contributed by atoms with Gasteiger partial charge >= 0.3 is 5.69 Å². The van der Waals surface area contributed by atoms with Gasteiger partial charge in [0.05, 0.1) is 11.0 Å². The fraction of sp³-hybridized carbons (Fsp3) is 0.235. The van der Waals surface area contributed by atoms with E-state index in [1.54, 1.807) is 13.0 Å². The van der Waals surface area contributed by atoms with E-state index in [0.29, 0.717) is 5.02 Å². The van der Waals surface area contributed by atoms with Crippen LogP contribution in [-0.4, -0.2) is 16.9 Å². The first kappa shape index (κ1) is 18.8. The first-order valence-electron chi connectivity index (χ1n) is 7.55. The maximum absolute atomic E-state index is 13.3. The summed E-state index contributed by atoms with van der Waals surface area (Å²) < 4.78 is 13.3. The van der Waals surface area contributed by atoms with E-state index in [4.69, 9.17) is 11.6 Å². The fourth-order valence-electron chi connectivity index (χ4n) is 2.35. The van der Waals surface area contributed by atoms with Crippen LogP contribution in [0.1, 0.15) is 25.5 Å². The lowest BCUT2D eigenvalue weighted by atomic mass is 10.1. The molecule has 6 nitrogen and oxygen atoms in total. The van der Waals surface area contributed by atoms with Crippen LogP contribution in [0.15, 0.2) is 42.5 Å². The molecule has 0 radical (unpaired) electrons. The van der Waals surface area contributed by atoms with Crippen molar-refractivity contribution in [3.05, 3.63) is 69.0 Å². The van der Waals surface area contributed by atoms with Gasteiger partial charge in [-0.05, 0) is 37.6 Å². The van der Waals surface area contributed by atoms with Crippen LogP contribution in [0.4, 0.5) is 15.8 Å². The zero-order valence-electron chi connectivity index (χ0n) is 13.6. The van der Waals surface area contributed by atoms with Crippen molar-refractivity contribution >= 4 is 28.9 Å². The van der Waals surface area contributed by atoms with Crippen molar-refractivity contribution in [3.63, 3.8) is 0 Å². The van der Waals surface area contributed by atoms with Gasteiger partial charge in [-0.3, -0.25) is 20.2 Å². The smallest absolute Gasteiger partial charge is 0.306 e. The number of hydrogen-bond donors (Lipinski definition) is 2. The third-order valence-corrected chi connectivity index (χ3v) is 4.02. The third-order valence-electron chi connectivity index (χ3n) is 3.68. The molecule has 0 aliphatic carbocycles. The Morgan fingerprint density at radius 1 is 1.24 bits per heavy atom. The van der Waals surface area contributed by atoms with E-state index in [1.807, 2.05) is 25.1 Å². The van der Waals surface area contributed by atoms with Crippen LogP contribution in [0.3, 0.4) is 0 Å². The Morgan fingerprint density at radius 2 is 1.92 bits per heavy atom. The molecule has 2 aromatic rings. The summed E-state index contributed by atoms with van der Waals surface area (Å²) in [5.74, 6) is -1.36. The van der Waals surface area contributed by atoms with E-state index >= 15 is 0 Å². The lowest BCUT2D eigenvalue weighted by Gasteiger charge is -2.20. The minimum absolute atomic E-state index is 0.150. The number of carbonyl (C=O) groups is 1. The van der Waals surface area contributed by atoms with Crippen LogP contribution >= 0.6 is 11.6 Å². The van der Waals surface area contributed by atoms with E-state index in [-0.39, 0.29) is 11.7 Å². The topological polar surface area (TPSA) is 84.3 Å². The summed E-state index contributed by atoms with van der Waals surface area (Å²) in [5.41, 5.74) is 0.307. The maximum Gasteiger partial charge on any atom is 0.306 e. The highest BCUT2D eigenvalue weighted by molar-refractivity contribution is 6.31. The summed E-state index contributed by atoms with van der Waals surface area (Å²) in [6.07, 6.45) is 0. The van der Waals surface area contributed by atoms with Crippen LogP contribution < -0.4 is 10.6 Å². The van der Waals surface area contributed by atoms with Gasteiger partial charge in [0.25, 0.3) is 0 Å². The quantitative estimate of drug-likeness (QED) is 0.597. The molecule has 0 unspecified atom stereocenters. The minimum atomic E-state index is -0.957. The van der Waals surface area contributed by atoms with Crippen LogP contribution in [0.2, 0.25) is 5.02 Å². The van der Waals surface area contributed by atoms with Crippen molar-refractivity contribution in [2.24, 2.45) is 0 Å². The molecule has 2 rings (SSSR count). The highest BCUT2D eigenvalue weighted by Crippen LogP contribution is 2.23. The molecule has 0 fully saturated rings. The number of amides is 1. The summed E-state index contributed by atoms with van der Waals surface area (Å²) >= 11 is 6.13. The molecule has 1 amide bonds. The number of rotatable bonds is 6. The van der Waals surface area contributed by atoms with Crippen LogP contribution in [-0.2, 0) is 4.79 Å². The third kappa shape index (κ3) is 4.74. The summed E-state index contributed by atoms with van der Waals surface area (Å²) in [6, 6.07) is 9.69. The predicted octanol–water partition coefficient (Wildman–Crippen LogP) is 4.07. The number of carbonyl (C=O) groups excluding carboxylic acids is 1. The Balaban J connectivity index is 2.04. The van der Waals surface area contributed by atoms with Crippen molar-refractivity contribution in [2.75, 3.05) is 5.32 Å². The molecule has 2 atom stereocenters. The zero-order chi connectivity index (χ0) is 18.6. The van der Waals surface area contributed by atoms with Gasteiger partial charge in [-0.2, -0.15) is 4.39 Å². The average molecular weight is 366 g/mol. The van der Waals surface area contributed by atoms with E-state index in [9.17, 15) is 19.3 Å². The van der Waals surface area contributed by atoms with Crippen molar-refractivity contribution < 1.29 is 14.1 Å². The Hall–Kier alpha value is -2.51. The van der Waals surface area contributed by atoms with Crippen molar-refractivity contribution in [2.45, 2.75) is 25.9 Å². The van der Waals surface area contributed by atoms with Crippen LogP contribution in [0.25, 0.3) is 0 Å². The van der Waals surface area contributed by atoms with Crippen LogP contribution in [0, 0.1) is 15.9 Å². The molecular formula is C17H17ClFN3O3. The number of halogens is 2. The Morgan fingerprint density at radius 3 is 2.56 bits per heavy atom. The summed E-state index contributed by atoms with van der Waals surface area (Å²) in [4.78, 5) is 22.2. The number of benzene rings is 2. The molecule has 2 aromatic carbocycles. The molecular weight excluding hydrogens is 349 g/mol. The van der Waals surface area contributed by atoms with Gasteiger partial charge in [-0.1, -0.05) is 29.8 Å². The van der Waals surface area contributed by atoms with E-state index < -0.39 is 28.4 Å². The van der Waals surface area contributed by atoms with E-state index in [1.165, 1.54) is 6.07 Å². The van der Waals surface area contributed by atoms with Gasteiger partial charge in [0.15, 0.2) is 0 Å². The van der Waals surface area contributed by atoms with E-state index in [0.717, 1.165) is 17.7 Å². The molecule has 2 N–H and O–H groups in total. The molecule has 0 aromatic heterocycles. The standard InChI is InChI=1S/C17H17ClFN3O3/c1-10(13-5-3-4-6-14(13)18)20-11(2)17(23)21-12-7-8-15(19)16(9-12)22(24)25/h3-11,20H,1-2H3,(H,21,23)/t10-,11-/m0/s1. The number of nitro groups is 1. The lowest BCUT2D eigenvalue weighted by molar-refractivity contribution is -0.387. The van der Waals surface area contributed by atoms with Crippen LogP contribution in [0.5, 0.6) is 0 Å². The molecule has 0 aliphatic rings. The normalized spacial score (nSPS) is 13.1. The number of anilines is 1. The number of nitrogens with zero attached hydrogens (tertiary/aromatic N) is 1. The van der Waals surface area contributed by atoms with Gasteiger partial charge in [0.2, 0.25) is 11.7 Å².